The fraction of sp³-hybridized carbons (Fsp3) is 0.692. The Hall–Kier alpha value is -1.80. The minimum Gasteiger partial charge on any atom is -0.383 e. The average molecular weight is 296 g/mol. The van der Waals surface area contributed by atoms with Gasteiger partial charge in [0.25, 0.3) is 5.56 Å². The highest BCUT2D eigenvalue weighted by Gasteiger charge is 2.18. The zero-order valence-electron chi connectivity index (χ0n) is 12.7. The van der Waals surface area contributed by atoms with Gasteiger partial charge in [-0.25, -0.2) is 9.80 Å². The quantitative estimate of drug-likeness (QED) is 0.677. The van der Waals surface area contributed by atoms with E-state index in [0.717, 1.165) is 39.0 Å². The number of hydrazine groups is 1. The van der Waals surface area contributed by atoms with Crippen LogP contribution in [0.15, 0.2) is 9.59 Å². The molecule has 1 fully saturated rings. The first-order valence-corrected chi connectivity index (χ1v) is 7.35. The summed E-state index contributed by atoms with van der Waals surface area (Å²) >= 11 is 0. The molecule has 0 saturated carbocycles. The van der Waals surface area contributed by atoms with E-state index in [2.05, 4.69) is 22.4 Å². The summed E-state index contributed by atoms with van der Waals surface area (Å²) in [4.78, 5) is 28.4. The van der Waals surface area contributed by atoms with Crippen molar-refractivity contribution in [3.63, 3.8) is 0 Å². The number of hydrogen-bond acceptors (Lipinski definition) is 6. The SMILES string of the molecule is CCCCn1c(N)c(NN2CCN(C)CC2)c(=O)[nH]c1=O. The Bertz CT molecular complexity index is 585. The van der Waals surface area contributed by atoms with Gasteiger partial charge >= 0.3 is 5.69 Å². The van der Waals surface area contributed by atoms with E-state index >= 15 is 0 Å². The first kappa shape index (κ1) is 15.6. The highest BCUT2D eigenvalue weighted by Crippen LogP contribution is 2.12. The van der Waals surface area contributed by atoms with Crippen molar-refractivity contribution in [2.24, 2.45) is 0 Å². The van der Waals surface area contributed by atoms with Gasteiger partial charge in [-0.05, 0) is 13.5 Å². The van der Waals surface area contributed by atoms with E-state index in [4.69, 9.17) is 5.73 Å². The largest absolute Gasteiger partial charge is 0.383 e. The standard InChI is InChI=1S/C13H24N6O2/c1-3-4-5-19-11(14)10(12(20)15-13(19)21)16-18-8-6-17(2)7-9-18/h16H,3-9,14H2,1-2H3,(H,15,20,21). The molecule has 2 heterocycles. The maximum atomic E-state index is 12.0. The monoisotopic (exact) mass is 296 g/mol. The summed E-state index contributed by atoms with van der Waals surface area (Å²) in [6, 6.07) is 0. The molecule has 0 bridgehead atoms. The van der Waals surface area contributed by atoms with Crippen LogP contribution in [0.2, 0.25) is 0 Å². The summed E-state index contributed by atoms with van der Waals surface area (Å²) in [5.41, 5.74) is 8.42. The predicted octanol–water partition coefficient (Wildman–Crippen LogP) is -0.507. The van der Waals surface area contributed by atoms with Gasteiger partial charge in [-0.2, -0.15) is 0 Å². The number of aromatic nitrogens is 2. The van der Waals surface area contributed by atoms with E-state index in [0.29, 0.717) is 6.54 Å². The summed E-state index contributed by atoms with van der Waals surface area (Å²) in [7, 11) is 2.06. The number of anilines is 2. The molecule has 21 heavy (non-hydrogen) atoms. The van der Waals surface area contributed by atoms with Crippen LogP contribution in [0.3, 0.4) is 0 Å². The third-order valence-electron chi connectivity index (χ3n) is 3.75. The Morgan fingerprint density at radius 1 is 1.24 bits per heavy atom. The Labute approximate surface area is 123 Å². The second-order valence-corrected chi connectivity index (χ2v) is 5.43. The van der Waals surface area contributed by atoms with Crippen LogP contribution in [0.1, 0.15) is 19.8 Å². The van der Waals surface area contributed by atoms with Gasteiger partial charge < -0.3 is 16.1 Å². The molecular formula is C13H24N6O2. The number of rotatable bonds is 5. The Morgan fingerprint density at radius 2 is 1.90 bits per heavy atom. The highest BCUT2D eigenvalue weighted by molar-refractivity contribution is 5.59. The summed E-state index contributed by atoms with van der Waals surface area (Å²) in [6.45, 7) is 5.97. The molecule has 1 aliphatic rings. The number of nitrogens with two attached hydrogens (primary N) is 1. The van der Waals surface area contributed by atoms with E-state index in [1.807, 2.05) is 11.9 Å². The molecule has 1 aromatic heterocycles. The van der Waals surface area contributed by atoms with Gasteiger partial charge in [0.2, 0.25) is 0 Å². The Morgan fingerprint density at radius 3 is 2.52 bits per heavy atom. The number of hydrogen-bond donors (Lipinski definition) is 3. The lowest BCUT2D eigenvalue weighted by Crippen LogP contribution is -2.48. The van der Waals surface area contributed by atoms with Crippen LogP contribution in [0.5, 0.6) is 0 Å². The molecule has 8 nitrogen and oxygen atoms in total. The number of aromatic amines is 1. The molecule has 0 spiro atoms. The van der Waals surface area contributed by atoms with Gasteiger partial charge in [0, 0.05) is 32.7 Å². The Kier molecular flexibility index (Phi) is 5.03. The second-order valence-electron chi connectivity index (χ2n) is 5.43. The average Bonchev–Trinajstić information content (AvgIpc) is 2.45. The molecule has 1 aromatic rings. The van der Waals surface area contributed by atoms with E-state index in [-0.39, 0.29) is 11.5 Å². The number of nitrogens with one attached hydrogen (secondary N) is 2. The minimum absolute atomic E-state index is 0.205. The molecule has 2 rings (SSSR count). The van der Waals surface area contributed by atoms with Gasteiger partial charge in [0.1, 0.15) is 5.82 Å². The van der Waals surface area contributed by atoms with Gasteiger partial charge in [-0.3, -0.25) is 14.3 Å². The van der Waals surface area contributed by atoms with Crippen molar-refractivity contribution in [3.8, 4) is 0 Å². The molecule has 0 radical (unpaired) electrons. The molecule has 4 N–H and O–H groups in total. The van der Waals surface area contributed by atoms with Crippen molar-refractivity contribution >= 4 is 11.5 Å². The van der Waals surface area contributed by atoms with Crippen LogP contribution in [-0.2, 0) is 6.54 Å². The smallest absolute Gasteiger partial charge is 0.330 e. The van der Waals surface area contributed by atoms with Gasteiger partial charge in [-0.1, -0.05) is 13.3 Å². The van der Waals surface area contributed by atoms with Crippen LogP contribution in [0.4, 0.5) is 11.5 Å². The first-order valence-electron chi connectivity index (χ1n) is 7.35. The zero-order chi connectivity index (χ0) is 15.4. The number of likely N-dealkylation sites (N-methyl/N-ethyl adjacent to an activating group) is 1. The summed E-state index contributed by atoms with van der Waals surface area (Å²) < 4.78 is 1.42. The molecule has 0 aliphatic carbocycles. The van der Waals surface area contributed by atoms with Crippen molar-refractivity contribution in [1.29, 1.82) is 0 Å². The first-order chi connectivity index (χ1) is 10.0. The van der Waals surface area contributed by atoms with Gasteiger partial charge in [0.15, 0.2) is 5.69 Å². The van der Waals surface area contributed by atoms with E-state index in [1.54, 1.807) is 0 Å². The third-order valence-corrected chi connectivity index (χ3v) is 3.75. The molecule has 0 amide bonds. The number of nitrogens with zero attached hydrogens (tertiary/aromatic N) is 3. The lowest BCUT2D eigenvalue weighted by Gasteiger charge is -2.33. The van der Waals surface area contributed by atoms with Gasteiger partial charge in [0.05, 0.1) is 0 Å². The van der Waals surface area contributed by atoms with Crippen molar-refractivity contribution in [1.82, 2.24) is 19.5 Å². The minimum atomic E-state index is -0.468. The molecule has 0 atom stereocenters. The fourth-order valence-corrected chi connectivity index (χ4v) is 2.31. The van der Waals surface area contributed by atoms with Crippen molar-refractivity contribution in [3.05, 3.63) is 20.8 Å². The van der Waals surface area contributed by atoms with Gasteiger partial charge in [-0.15, -0.1) is 0 Å². The molecule has 0 unspecified atom stereocenters. The third kappa shape index (κ3) is 3.64. The normalized spacial score (nSPS) is 17.0. The number of piperazine rings is 1. The molecule has 1 saturated heterocycles. The molecule has 118 valence electrons. The Balaban J connectivity index is 2.22. The van der Waals surface area contributed by atoms with E-state index < -0.39 is 11.2 Å². The second kappa shape index (κ2) is 6.77. The van der Waals surface area contributed by atoms with E-state index in [1.165, 1.54) is 4.57 Å². The van der Waals surface area contributed by atoms with Crippen LogP contribution in [0.25, 0.3) is 0 Å². The maximum Gasteiger partial charge on any atom is 0.330 e. The summed E-state index contributed by atoms with van der Waals surface area (Å²) in [5.74, 6) is 0.205. The lowest BCUT2D eigenvalue weighted by molar-refractivity contribution is 0.179. The zero-order valence-corrected chi connectivity index (χ0v) is 12.7. The van der Waals surface area contributed by atoms with Crippen molar-refractivity contribution < 1.29 is 0 Å². The maximum absolute atomic E-state index is 12.0. The molecular weight excluding hydrogens is 272 g/mol. The molecule has 0 aromatic carbocycles. The van der Waals surface area contributed by atoms with Crippen LogP contribution in [-0.4, -0.2) is 52.7 Å². The fourth-order valence-electron chi connectivity index (χ4n) is 2.31. The predicted molar refractivity (Wildman–Crippen MR) is 83.3 cm³/mol. The summed E-state index contributed by atoms with van der Waals surface area (Å²) in [5, 5.41) is 1.95. The highest BCUT2D eigenvalue weighted by atomic mass is 16.2. The number of nitrogen functional groups attached to an aromatic ring is 1. The number of H-pyrrole nitrogens is 1. The topological polar surface area (TPSA) is 99.4 Å². The van der Waals surface area contributed by atoms with Crippen LogP contribution >= 0.6 is 0 Å². The molecule has 8 heteroatoms. The van der Waals surface area contributed by atoms with Crippen LogP contribution < -0.4 is 22.4 Å². The lowest BCUT2D eigenvalue weighted by atomic mass is 10.3. The summed E-state index contributed by atoms with van der Waals surface area (Å²) in [6.07, 6.45) is 1.79. The van der Waals surface area contributed by atoms with Crippen LogP contribution in [0, 0.1) is 0 Å². The number of unbranched alkanes of at least 4 members (excludes halogenated alkanes) is 1. The molecule has 1 aliphatic heterocycles. The van der Waals surface area contributed by atoms with Crippen molar-refractivity contribution in [2.45, 2.75) is 26.3 Å². The van der Waals surface area contributed by atoms with Crippen molar-refractivity contribution in [2.75, 3.05) is 44.4 Å². The van der Waals surface area contributed by atoms with E-state index in [9.17, 15) is 9.59 Å².